The van der Waals surface area contributed by atoms with Gasteiger partial charge in [0.2, 0.25) is 0 Å². The van der Waals surface area contributed by atoms with Crippen molar-refractivity contribution in [2.75, 3.05) is 37.3 Å². The quantitative estimate of drug-likeness (QED) is 0.556. The molecule has 3 aromatic rings. The molecule has 1 amide bonds. The molecule has 30 heavy (non-hydrogen) atoms. The summed E-state index contributed by atoms with van der Waals surface area (Å²) in [5.74, 6) is 0.994. The zero-order valence-corrected chi connectivity index (χ0v) is 16.9. The lowest BCUT2D eigenvalue weighted by Crippen LogP contribution is -2.33. The van der Waals surface area contributed by atoms with Gasteiger partial charge in [-0.05, 0) is 56.3 Å². The first-order valence-corrected chi connectivity index (χ1v) is 10.4. The number of aromatic nitrogens is 2. The third kappa shape index (κ3) is 4.99. The largest absolute Gasteiger partial charge is 0.492 e. The van der Waals surface area contributed by atoms with E-state index >= 15 is 0 Å². The summed E-state index contributed by atoms with van der Waals surface area (Å²) in [6.45, 7) is 3.92. The van der Waals surface area contributed by atoms with Crippen LogP contribution in [0.25, 0.3) is 11.3 Å². The van der Waals surface area contributed by atoms with Gasteiger partial charge in [0.1, 0.15) is 18.2 Å². The fourth-order valence-electron chi connectivity index (χ4n) is 3.67. The smallest absolute Gasteiger partial charge is 0.255 e. The van der Waals surface area contributed by atoms with Crippen molar-refractivity contribution in [1.82, 2.24) is 15.1 Å². The number of aromatic amines is 1. The van der Waals surface area contributed by atoms with Crippen LogP contribution < -0.4 is 15.8 Å². The van der Waals surface area contributed by atoms with Crippen LogP contribution in [0.4, 0.5) is 11.5 Å². The number of piperidine rings is 1. The molecule has 7 nitrogen and oxygen atoms in total. The summed E-state index contributed by atoms with van der Waals surface area (Å²) < 4.78 is 5.84. The zero-order valence-electron chi connectivity index (χ0n) is 16.9. The first-order valence-electron chi connectivity index (χ1n) is 10.4. The minimum absolute atomic E-state index is 0.185. The van der Waals surface area contributed by atoms with Crippen molar-refractivity contribution in [3.63, 3.8) is 0 Å². The summed E-state index contributed by atoms with van der Waals surface area (Å²) in [6, 6.07) is 16.5. The van der Waals surface area contributed by atoms with Crippen LogP contribution in [0.2, 0.25) is 0 Å². The summed E-state index contributed by atoms with van der Waals surface area (Å²) in [5, 5.41) is 9.80. The van der Waals surface area contributed by atoms with Gasteiger partial charge in [-0.2, -0.15) is 5.10 Å². The summed E-state index contributed by atoms with van der Waals surface area (Å²) in [6.07, 6.45) is 3.89. The zero-order chi connectivity index (χ0) is 20.8. The Labute approximate surface area is 176 Å². The molecule has 1 fully saturated rings. The second kappa shape index (κ2) is 9.45. The van der Waals surface area contributed by atoms with Crippen LogP contribution in [-0.2, 0) is 0 Å². The average Bonchev–Trinajstić information content (AvgIpc) is 3.21. The van der Waals surface area contributed by atoms with Crippen LogP contribution in [0.1, 0.15) is 29.6 Å². The highest BCUT2D eigenvalue weighted by atomic mass is 16.5. The van der Waals surface area contributed by atoms with Crippen molar-refractivity contribution in [3.8, 4) is 17.0 Å². The predicted molar refractivity (Wildman–Crippen MR) is 119 cm³/mol. The van der Waals surface area contributed by atoms with E-state index in [0.29, 0.717) is 23.7 Å². The lowest BCUT2D eigenvalue weighted by molar-refractivity contribution is 0.102. The van der Waals surface area contributed by atoms with Gasteiger partial charge in [0.05, 0.1) is 11.4 Å². The molecule has 0 saturated carbocycles. The lowest BCUT2D eigenvalue weighted by atomic mass is 10.1. The maximum Gasteiger partial charge on any atom is 0.255 e. The fraction of sp³-hybridized carbons (Fsp3) is 0.304. The van der Waals surface area contributed by atoms with E-state index < -0.39 is 0 Å². The van der Waals surface area contributed by atoms with Gasteiger partial charge < -0.3 is 15.8 Å². The van der Waals surface area contributed by atoms with Crippen LogP contribution >= 0.6 is 0 Å². The van der Waals surface area contributed by atoms with Crippen molar-refractivity contribution in [1.29, 1.82) is 0 Å². The number of carbonyl (C=O) groups excluding carboxylic acids is 1. The molecule has 2 aromatic carbocycles. The first-order chi connectivity index (χ1) is 14.7. The van der Waals surface area contributed by atoms with E-state index in [9.17, 15) is 4.79 Å². The van der Waals surface area contributed by atoms with E-state index in [0.717, 1.165) is 36.6 Å². The number of nitrogens with zero attached hydrogens (tertiary/aromatic N) is 2. The Morgan fingerprint density at radius 3 is 2.60 bits per heavy atom. The van der Waals surface area contributed by atoms with Gasteiger partial charge in [0.15, 0.2) is 0 Å². The maximum absolute atomic E-state index is 12.7. The summed E-state index contributed by atoms with van der Waals surface area (Å²) in [7, 11) is 0. The van der Waals surface area contributed by atoms with E-state index in [4.69, 9.17) is 10.5 Å². The lowest BCUT2D eigenvalue weighted by Gasteiger charge is -2.26. The Balaban J connectivity index is 1.35. The molecule has 0 atom stereocenters. The number of hydrogen-bond donors (Lipinski definition) is 3. The number of anilines is 2. The van der Waals surface area contributed by atoms with Crippen LogP contribution in [-0.4, -0.2) is 47.2 Å². The summed E-state index contributed by atoms with van der Waals surface area (Å²) in [4.78, 5) is 15.2. The standard InChI is InChI=1S/C23H27N5O2/c24-22-16-21(26-27-22)19-6-2-3-7-20(19)25-23(29)17-8-10-18(11-9-17)30-15-14-28-12-4-1-5-13-28/h2-3,6-11,16H,1,4-5,12-15H2,(H,25,29)(H3,24,26,27). The third-order valence-electron chi connectivity index (χ3n) is 5.30. The molecule has 0 aliphatic carbocycles. The van der Waals surface area contributed by atoms with Gasteiger partial charge in [0, 0.05) is 23.7 Å². The van der Waals surface area contributed by atoms with Crippen LogP contribution in [0.15, 0.2) is 54.6 Å². The van der Waals surface area contributed by atoms with E-state index in [1.165, 1.54) is 19.3 Å². The van der Waals surface area contributed by atoms with Crippen molar-refractivity contribution >= 4 is 17.4 Å². The highest BCUT2D eigenvalue weighted by Gasteiger charge is 2.12. The van der Waals surface area contributed by atoms with Crippen molar-refractivity contribution < 1.29 is 9.53 Å². The van der Waals surface area contributed by atoms with Crippen molar-refractivity contribution in [2.24, 2.45) is 0 Å². The molecule has 0 spiro atoms. The van der Waals surface area contributed by atoms with Gasteiger partial charge in [-0.15, -0.1) is 0 Å². The minimum Gasteiger partial charge on any atom is -0.492 e. The summed E-state index contributed by atoms with van der Waals surface area (Å²) >= 11 is 0. The van der Waals surface area contributed by atoms with Crippen molar-refractivity contribution in [3.05, 3.63) is 60.2 Å². The highest BCUT2D eigenvalue weighted by molar-refractivity contribution is 6.06. The highest BCUT2D eigenvalue weighted by Crippen LogP contribution is 2.27. The molecule has 1 aliphatic heterocycles. The molecule has 0 unspecified atom stereocenters. The number of carbonyl (C=O) groups is 1. The monoisotopic (exact) mass is 405 g/mol. The first kappa shape index (κ1) is 20.0. The molecule has 4 N–H and O–H groups in total. The van der Waals surface area contributed by atoms with E-state index in [1.807, 2.05) is 36.4 Å². The maximum atomic E-state index is 12.7. The minimum atomic E-state index is -0.185. The summed E-state index contributed by atoms with van der Waals surface area (Å²) in [5.41, 5.74) is 8.54. The number of benzene rings is 2. The molecule has 0 bridgehead atoms. The Morgan fingerprint density at radius 1 is 1.10 bits per heavy atom. The number of H-pyrrole nitrogens is 1. The number of nitrogen functional groups attached to an aromatic ring is 1. The van der Waals surface area contributed by atoms with Gasteiger partial charge in [-0.3, -0.25) is 14.8 Å². The second-order valence-corrected chi connectivity index (χ2v) is 7.48. The molecule has 0 radical (unpaired) electrons. The second-order valence-electron chi connectivity index (χ2n) is 7.48. The SMILES string of the molecule is Nc1cc(-c2ccccc2NC(=O)c2ccc(OCCN3CCCCC3)cc2)[nH]n1. The Hall–Kier alpha value is -3.32. The van der Waals surface area contributed by atoms with Gasteiger partial charge in [-0.25, -0.2) is 0 Å². The number of nitrogens with two attached hydrogens (primary N) is 1. The van der Waals surface area contributed by atoms with Crippen LogP contribution in [0.3, 0.4) is 0 Å². The molecular weight excluding hydrogens is 378 g/mol. The molecule has 7 heteroatoms. The van der Waals surface area contributed by atoms with Crippen molar-refractivity contribution in [2.45, 2.75) is 19.3 Å². The number of nitrogens with one attached hydrogen (secondary N) is 2. The molecule has 1 aromatic heterocycles. The average molecular weight is 406 g/mol. The third-order valence-corrected chi connectivity index (χ3v) is 5.30. The van der Waals surface area contributed by atoms with Gasteiger partial charge in [0.25, 0.3) is 5.91 Å². The number of hydrogen-bond acceptors (Lipinski definition) is 5. The van der Waals surface area contributed by atoms with Gasteiger partial charge in [-0.1, -0.05) is 24.6 Å². The molecule has 1 aliphatic rings. The molecule has 156 valence electrons. The topological polar surface area (TPSA) is 96.3 Å². The number of rotatable bonds is 7. The molecular formula is C23H27N5O2. The van der Waals surface area contributed by atoms with Crippen LogP contribution in [0, 0.1) is 0 Å². The van der Waals surface area contributed by atoms with Crippen LogP contribution in [0.5, 0.6) is 5.75 Å². The predicted octanol–water partition coefficient (Wildman–Crippen LogP) is 3.78. The van der Waals surface area contributed by atoms with E-state index in [-0.39, 0.29) is 5.91 Å². The Kier molecular flexibility index (Phi) is 6.29. The normalized spacial score (nSPS) is 14.4. The molecule has 4 rings (SSSR count). The fourth-order valence-corrected chi connectivity index (χ4v) is 3.67. The van der Waals surface area contributed by atoms with Gasteiger partial charge >= 0.3 is 0 Å². The number of amides is 1. The number of para-hydroxylation sites is 1. The van der Waals surface area contributed by atoms with E-state index in [1.54, 1.807) is 18.2 Å². The van der Waals surface area contributed by atoms with E-state index in [2.05, 4.69) is 20.4 Å². The Morgan fingerprint density at radius 2 is 1.87 bits per heavy atom. The Bertz CT molecular complexity index is 977. The molecule has 2 heterocycles. The number of likely N-dealkylation sites (tertiary alicyclic amines) is 1. The molecule has 1 saturated heterocycles. The number of ether oxygens (including phenoxy) is 1.